The molecule has 0 saturated heterocycles. The van der Waals surface area contributed by atoms with Gasteiger partial charge in [-0.2, -0.15) is 5.10 Å². The van der Waals surface area contributed by atoms with Crippen LogP contribution < -0.4 is 14.9 Å². The van der Waals surface area contributed by atoms with Crippen molar-refractivity contribution in [1.82, 2.24) is 5.43 Å². The predicted molar refractivity (Wildman–Crippen MR) is 112 cm³/mol. The number of hydrazone groups is 1. The van der Waals surface area contributed by atoms with Crippen molar-refractivity contribution in [1.29, 1.82) is 0 Å². The third-order valence-electron chi connectivity index (χ3n) is 3.88. The number of rotatable bonds is 8. The van der Waals surface area contributed by atoms with Crippen molar-refractivity contribution in [2.75, 3.05) is 13.2 Å². The maximum absolute atomic E-state index is 12.1. The van der Waals surface area contributed by atoms with Crippen LogP contribution in [0.15, 0.2) is 35.4 Å². The Balaban J connectivity index is 2.06. The van der Waals surface area contributed by atoms with E-state index in [4.69, 9.17) is 27.5 Å². The molecule has 0 fully saturated rings. The summed E-state index contributed by atoms with van der Waals surface area (Å²) in [4.78, 5) is 12.1. The first-order chi connectivity index (χ1) is 13.4. The SMILES string of the molecule is C#CCOc1c(Cl)cc(/C=N/NC(=O)Cc2ccc(C)cc2C)cc1OCC. The number of benzene rings is 2. The van der Waals surface area contributed by atoms with Crippen LogP contribution in [-0.2, 0) is 11.2 Å². The maximum Gasteiger partial charge on any atom is 0.244 e. The van der Waals surface area contributed by atoms with Crippen LogP contribution in [0, 0.1) is 26.2 Å². The number of aryl methyl sites for hydroxylation is 2. The van der Waals surface area contributed by atoms with Crippen LogP contribution in [0.1, 0.15) is 29.2 Å². The Bertz CT molecular complexity index is 917. The van der Waals surface area contributed by atoms with Gasteiger partial charge in [0.2, 0.25) is 5.91 Å². The molecule has 146 valence electrons. The minimum atomic E-state index is -0.201. The van der Waals surface area contributed by atoms with Crippen molar-refractivity contribution >= 4 is 23.7 Å². The number of carbonyl (C=O) groups is 1. The Hall–Kier alpha value is -2.97. The first kappa shape index (κ1) is 21.3. The van der Waals surface area contributed by atoms with E-state index < -0.39 is 0 Å². The molecule has 0 radical (unpaired) electrons. The molecule has 5 nitrogen and oxygen atoms in total. The molecule has 1 amide bonds. The third kappa shape index (κ3) is 6.04. The largest absolute Gasteiger partial charge is 0.490 e. The van der Waals surface area contributed by atoms with Crippen molar-refractivity contribution in [3.05, 3.63) is 57.6 Å². The Morgan fingerprint density at radius 2 is 2.07 bits per heavy atom. The average Bonchev–Trinajstić information content (AvgIpc) is 2.64. The molecule has 2 aromatic carbocycles. The number of terminal acetylenes is 1. The lowest BCUT2D eigenvalue weighted by Crippen LogP contribution is -2.20. The number of hydrogen-bond acceptors (Lipinski definition) is 4. The van der Waals surface area contributed by atoms with Crippen molar-refractivity contribution < 1.29 is 14.3 Å². The molecule has 0 bridgehead atoms. The Kier molecular flexibility index (Phi) is 7.91. The molecule has 0 atom stereocenters. The van der Waals surface area contributed by atoms with Crippen LogP contribution in [0.25, 0.3) is 0 Å². The maximum atomic E-state index is 12.1. The molecule has 0 aliphatic carbocycles. The Morgan fingerprint density at radius 1 is 1.29 bits per heavy atom. The molecule has 28 heavy (non-hydrogen) atoms. The summed E-state index contributed by atoms with van der Waals surface area (Å²) in [6, 6.07) is 9.38. The zero-order valence-corrected chi connectivity index (χ0v) is 17.0. The van der Waals surface area contributed by atoms with Gasteiger partial charge in [-0.25, -0.2) is 5.43 Å². The summed E-state index contributed by atoms with van der Waals surface area (Å²) < 4.78 is 11.0. The summed E-state index contributed by atoms with van der Waals surface area (Å²) in [7, 11) is 0. The van der Waals surface area contributed by atoms with Gasteiger partial charge in [0.1, 0.15) is 6.61 Å². The second-order valence-corrected chi connectivity index (χ2v) is 6.56. The summed E-state index contributed by atoms with van der Waals surface area (Å²) in [5.74, 6) is 3.04. The standard InChI is InChI=1S/C22H23ClN2O3/c1-5-9-28-22-19(23)11-17(12-20(22)27-6-2)14-24-25-21(26)13-18-8-7-15(3)10-16(18)4/h1,7-8,10-12,14H,6,9,13H2,2-4H3,(H,25,26)/b24-14+. The van der Waals surface area contributed by atoms with Crippen molar-refractivity contribution in [2.24, 2.45) is 5.10 Å². The van der Waals surface area contributed by atoms with Gasteiger partial charge in [0.25, 0.3) is 0 Å². The topological polar surface area (TPSA) is 59.9 Å². The van der Waals surface area contributed by atoms with Crippen LogP contribution in [0.5, 0.6) is 11.5 Å². The summed E-state index contributed by atoms with van der Waals surface area (Å²) in [6.45, 7) is 6.39. The van der Waals surface area contributed by atoms with E-state index in [1.807, 2.05) is 39.0 Å². The molecule has 1 N–H and O–H groups in total. The molecule has 0 heterocycles. The molecule has 0 spiro atoms. The lowest BCUT2D eigenvalue weighted by Gasteiger charge is -2.12. The van der Waals surface area contributed by atoms with Gasteiger partial charge in [-0.1, -0.05) is 41.3 Å². The van der Waals surface area contributed by atoms with E-state index >= 15 is 0 Å². The Labute approximate surface area is 170 Å². The van der Waals surface area contributed by atoms with Gasteiger partial charge in [-0.15, -0.1) is 6.42 Å². The van der Waals surface area contributed by atoms with Crippen LogP contribution >= 0.6 is 11.6 Å². The van der Waals surface area contributed by atoms with Gasteiger partial charge in [0, 0.05) is 0 Å². The molecule has 0 aromatic heterocycles. The summed E-state index contributed by atoms with van der Waals surface area (Å²) in [5.41, 5.74) is 6.40. The predicted octanol–water partition coefficient (Wildman–Crippen LogP) is 4.06. The average molecular weight is 399 g/mol. The number of halogens is 1. The summed E-state index contributed by atoms with van der Waals surface area (Å²) >= 11 is 6.26. The van der Waals surface area contributed by atoms with Crippen molar-refractivity contribution in [3.8, 4) is 23.8 Å². The lowest BCUT2D eigenvalue weighted by molar-refractivity contribution is -0.120. The minimum Gasteiger partial charge on any atom is -0.490 e. The lowest BCUT2D eigenvalue weighted by atomic mass is 10.0. The minimum absolute atomic E-state index is 0.0850. The monoisotopic (exact) mass is 398 g/mol. The van der Waals surface area contributed by atoms with E-state index in [0.717, 1.165) is 16.7 Å². The van der Waals surface area contributed by atoms with Crippen LogP contribution in [0.4, 0.5) is 0 Å². The van der Waals surface area contributed by atoms with Crippen LogP contribution in [0.3, 0.4) is 0 Å². The number of nitrogens with zero attached hydrogens (tertiary/aromatic N) is 1. The van der Waals surface area contributed by atoms with E-state index in [9.17, 15) is 4.79 Å². The normalized spacial score (nSPS) is 10.5. The first-order valence-corrected chi connectivity index (χ1v) is 9.23. The smallest absolute Gasteiger partial charge is 0.244 e. The molecule has 0 unspecified atom stereocenters. The zero-order chi connectivity index (χ0) is 20.5. The van der Waals surface area contributed by atoms with Gasteiger partial charge in [0.15, 0.2) is 11.5 Å². The first-order valence-electron chi connectivity index (χ1n) is 8.85. The summed E-state index contributed by atoms with van der Waals surface area (Å²) in [5, 5.41) is 4.36. The van der Waals surface area contributed by atoms with E-state index in [-0.39, 0.29) is 18.9 Å². The molecule has 0 saturated carbocycles. The highest BCUT2D eigenvalue weighted by molar-refractivity contribution is 6.32. The highest BCUT2D eigenvalue weighted by Crippen LogP contribution is 2.36. The van der Waals surface area contributed by atoms with Crippen LogP contribution in [0.2, 0.25) is 5.02 Å². The fourth-order valence-corrected chi connectivity index (χ4v) is 2.89. The number of nitrogens with one attached hydrogen (secondary N) is 1. The molecule has 6 heteroatoms. The second kappa shape index (κ2) is 10.4. The van der Waals surface area contributed by atoms with Crippen molar-refractivity contribution in [3.63, 3.8) is 0 Å². The van der Waals surface area contributed by atoms with Gasteiger partial charge in [0.05, 0.1) is 24.3 Å². The van der Waals surface area contributed by atoms with E-state index in [1.54, 1.807) is 12.1 Å². The quantitative estimate of drug-likeness (QED) is 0.414. The number of hydrogen-bond donors (Lipinski definition) is 1. The molecule has 2 rings (SSSR count). The van der Waals surface area contributed by atoms with Gasteiger partial charge >= 0.3 is 0 Å². The zero-order valence-electron chi connectivity index (χ0n) is 16.2. The number of carbonyl (C=O) groups excluding carboxylic acids is 1. The van der Waals surface area contributed by atoms with E-state index in [2.05, 4.69) is 16.4 Å². The molecular formula is C22H23ClN2O3. The van der Waals surface area contributed by atoms with Crippen LogP contribution in [-0.4, -0.2) is 25.3 Å². The highest BCUT2D eigenvalue weighted by atomic mass is 35.5. The summed E-state index contributed by atoms with van der Waals surface area (Å²) in [6.07, 6.45) is 6.98. The fourth-order valence-electron chi connectivity index (χ4n) is 2.61. The molecule has 0 aliphatic rings. The molecule has 0 aliphatic heterocycles. The Morgan fingerprint density at radius 3 is 2.75 bits per heavy atom. The van der Waals surface area contributed by atoms with Gasteiger partial charge in [-0.3, -0.25) is 4.79 Å². The number of ether oxygens (including phenoxy) is 2. The number of amides is 1. The van der Waals surface area contributed by atoms with Gasteiger partial charge in [-0.05, 0) is 49.6 Å². The highest BCUT2D eigenvalue weighted by Gasteiger charge is 2.12. The van der Waals surface area contributed by atoms with E-state index in [0.29, 0.717) is 28.7 Å². The fraction of sp³-hybridized carbons (Fsp3) is 0.273. The van der Waals surface area contributed by atoms with E-state index in [1.165, 1.54) is 6.21 Å². The molecular weight excluding hydrogens is 376 g/mol. The second-order valence-electron chi connectivity index (χ2n) is 6.16. The third-order valence-corrected chi connectivity index (χ3v) is 4.16. The van der Waals surface area contributed by atoms with Gasteiger partial charge < -0.3 is 9.47 Å². The van der Waals surface area contributed by atoms with Crippen molar-refractivity contribution in [2.45, 2.75) is 27.2 Å². The molecule has 2 aromatic rings.